The van der Waals surface area contributed by atoms with Gasteiger partial charge in [0.15, 0.2) is 0 Å². The quantitative estimate of drug-likeness (QED) is 0.495. The second kappa shape index (κ2) is 11.0. The molecule has 3 aromatic carbocycles. The lowest BCUT2D eigenvalue weighted by atomic mass is 10.1. The molecular formula is C25H27NO5. The highest BCUT2D eigenvalue weighted by Gasteiger charge is 2.14. The van der Waals surface area contributed by atoms with Crippen molar-refractivity contribution in [3.63, 3.8) is 0 Å². The van der Waals surface area contributed by atoms with Gasteiger partial charge in [-0.3, -0.25) is 4.79 Å². The van der Waals surface area contributed by atoms with Gasteiger partial charge in [-0.15, -0.1) is 0 Å². The Labute approximate surface area is 182 Å². The molecule has 1 amide bonds. The number of methoxy groups -OCH3 is 2. The van der Waals surface area contributed by atoms with E-state index in [1.807, 2.05) is 37.3 Å². The van der Waals surface area contributed by atoms with Gasteiger partial charge in [-0.1, -0.05) is 30.3 Å². The Bertz CT molecular complexity index is 1000. The predicted molar refractivity (Wildman–Crippen MR) is 120 cm³/mol. The largest absolute Gasteiger partial charge is 0.497 e. The molecule has 3 rings (SSSR count). The van der Waals surface area contributed by atoms with Crippen molar-refractivity contribution in [2.45, 2.75) is 20.1 Å². The van der Waals surface area contributed by atoms with Crippen LogP contribution in [-0.2, 0) is 18.0 Å². The Morgan fingerprint density at radius 1 is 0.871 bits per heavy atom. The molecule has 0 saturated heterocycles. The van der Waals surface area contributed by atoms with E-state index in [1.54, 1.807) is 50.6 Å². The third kappa shape index (κ3) is 5.99. The van der Waals surface area contributed by atoms with E-state index in [0.717, 1.165) is 11.1 Å². The van der Waals surface area contributed by atoms with Crippen molar-refractivity contribution in [1.29, 1.82) is 0 Å². The van der Waals surface area contributed by atoms with E-state index in [4.69, 9.17) is 18.9 Å². The van der Waals surface area contributed by atoms with Crippen LogP contribution in [0.15, 0.2) is 66.7 Å². The molecule has 31 heavy (non-hydrogen) atoms. The molecule has 0 fully saturated rings. The van der Waals surface area contributed by atoms with Gasteiger partial charge in [-0.05, 0) is 42.8 Å². The van der Waals surface area contributed by atoms with Crippen molar-refractivity contribution in [3.8, 4) is 17.2 Å². The molecule has 0 radical (unpaired) electrons. The Morgan fingerprint density at radius 3 is 2.39 bits per heavy atom. The summed E-state index contributed by atoms with van der Waals surface area (Å²) in [5.74, 6) is 1.61. The summed E-state index contributed by atoms with van der Waals surface area (Å²) in [6.07, 6.45) is 0. The summed E-state index contributed by atoms with van der Waals surface area (Å²) in [5, 5.41) is 2.89. The molecule has 0 aliphatic rings. The van der Waals surface area contributed by atoms with Gasteiger partial charge in [0, 0.05) is 17.2 Å². The van der Waals surface area contributed by atoms with Crippen LogP contribution in [0.25, 0.3) is 0 Å². The first-order valence-electron chi connectivity index (χ1n) is 10.0. The second-order valence-electron chi connectivity index (χ2n) is 6.75. The molecule has 0 aliphatic carbocycles. The fourth-order valence-corrected chi connectivity index (χ4v) is 3.08. The van der Waals surface area contributed by atoms with E-state index in [2.05, 4.69) is 5.32 Å². The minimum atomic E-state index is -0.254. The van der Waals surface area contributed by atoms with Gasteiger partial charge < -0.3 is 24.3 Å². The zero-order valence-electron chi connectivity index (χ0n) is 18.0. The number of carbonyl (C=O) groups is 1. The lowest BCUT2D eigenvalue weighted by Gasteiger charge is -2.14. The van der Waals surface area contributed by atoms with E-state index < -0.39 is 0 Å². The number of carbonyl (C=O) groups excluding carboxylic acids is 1. The third-order valence-electron chi connectivity index (χ3n) is 4.65. The van der Waals surface area contributed by atoms with Crippen molar-refractivity contribution in [3.05, 3.63) is 83.4 Å². The van der Waals surface area contributed by atoms with Crippen LogP contribution < -0.4 is 19.5 Å². The summed E-state index contributed by atoms with van der Waals surface area (Å²) in [7, 11) is 3.12. The Hall–Kier alpha value is -3.51. The van der Waals surface area contributed by atoms with Crippen LogP contribution >= 0.6 is 0 Å². The zero-order valence-corrected chi connectivity index (χ0v) is 18.0. The van der Waals surface area contributed by atoms with Crippen LogP contribution in [0.5, 0.6) is 17.2 Å². The number of rotatable bonds is 10. The number of nitrogens with one attached hydrogen (secondary N) is 1. The van der Waals surface area contributed by atoms with E-state index in [1.165, 1.54) is 0 Å². The van der Waals surface area contributed by atoms with E-state index >= 15 is 0 Å². The molecule has 3 aromatic rings. The number of benzene rings is 3. The van der Waals surface area contributed by atoms with Crippen molar-refractivity contribution in [2.75, 3.05) is 26.1 Å². The maximum Gasteiger partial charge on any atom is 0.255 e. The van der Waals surface area contributed by atoms with E-state index in [-0.39, 0.29) is 5.91 Å². The average molecular weight is 421 g/mol. The maximum atomic E-state index is 12.9. The summed E-state index contributed by atoms with van der Waals surface area (Å²) >= 11 is 0. The lowest BCUT2D eigenvalue weighted by Crippen LogP contribution is -2.13. The van der Waals surface area contributed by atoms with Gasteiger partial charge in [-0.25, -0.2) is 0 Å². The van der Waals surface area contributed by atoms with Gasteiger partial charge in [0.05, 0.1) is 39.7 Å². The fourth-order valence-electron chi connectivity index (χ4n) is 3.08. The van der Waals surface area contributed by atoms with Crippen molar-refractivity contribution < 1.29 is 23.7 Å². The number of hydrogen-bond acceptors (Lipinski definition) is 5. The molecule has 162 valence electrons. The van der Waals surface area contributed by atoms with Crippen LogP contribution in [0.1, 0.15) is 28.4 Å². The number of anilines is 1. The summed E-state index contributed by atoms with van der Waals surface area (Å²) in [5.41, 5.74) is 2.96. The minimum absolute atomic E-state index is 0.254. The fraction of sp³-hybridized carbons (Fsp3) is 0.240. The van der Waals surface area contributed by atoms with Gasteiger partial charge >= 0.3 is 0 Å². The van der Waals surface area contributed by atoms with Gasteiger partial charge in [0.2, 0.25) is 0 Å². The number of hydrogen-bond donors (Lipinski definition) is 1. The highest BCUT2D eigenvalue weighted by molar-refractivity contribution is 6.05. The Balaban J connectivity index is 1.74. The second-order valence-corrected chi connectivity index (χ2v) is 6.75. The first-order valence-corrected chi connectivity index (χ1v) is 10.0. The minimum Gasteiger partial charge on any atom is -0.497 e. The number of amides is 1. The Morgan fingerprint density at radius 2 is 1.68 bits per heavy atom. The molecule has 0 aliphatic heterocycles. The normalized spacial score (nSPS) is 10.4. The molecule has 0 bridgehead atoms. The van der Waals surface area contributed by atoms with E-state index in [9.17, 15) is 4.79 Å². The smallest absolute Gasteiger partial charge is 0.255 e. The van der Waals surface area contributed by atoms with Crippen molar-refractivity contribution >= 4 is 11.6 Å². The predicted octanol–water partition coefficient (Wildman–Crippen LogP) is 5.07. The average Bonchev–Trinajstić information content (AvgIpc) is 2.81. The lowest BCUT2D eigenvalue weighted by molar-refractivity contribution is 0.101. The van der Waals surface area contributed by atoms with Gasteiger partial charge in [0.25, 0.3) is 5.91 Å². The SMILES string of the molecule is CCOc1ccc(C(=O)Nc2ccc(OC)cc2OC)cc1COCc1ccccc1. The number of ether oxygens (including phenoxy) is 4. The van der Waals surface area contributed by atoms with Crippen molar-refractivity contribution in [2.24, 2.45) is 0 Å². The molecule has 1 N–H and O–H groups in total. The Kier molecular flexibility index (Phi) is 7.90. The van der Waals surface area contributed by atoms with Crippen LogP contribution in [0.2, 0.25) is 0 Å². The zero-order chi connectivity index (χ0) is 22.1. The third-order valence-corrected chi connectivity index (χ3v) is 4.65. The molecule has 0 unspecified atom stereocenters. The molecule has 6 heteroatoms. The summed E-state index contributed by atoms with van der Waals surface area (Å²) in [6.45, 7) is 3.26. The summed E-state index contributed by atoms with van der Waals surface area (Å²) in [6, 6.07) is 20.5. The highest BCUT2D eigenvalue weighted by atomic mass is 16.5. The van der Waals surface area contributed by atoms with E-state index in [0.29, 0.717) is 48.3 Å². The molecular weight excluding hydrogens is 394 g/mol. The monoisotopic (exact) mass is 421 g/mol. The first kappa shape index (κ1) is 22.2. The molecule has 0 atom stereocenters. The molecule has 0 heterocycles. The first-order chi connectivity index (χ1) is 15.1. The molecule has 6 nitrogen and oxygen atoms in total. The molecule has 0 spiro atoms. The summed E-state index contributed by atoms with van der Waals surface area (Å²) < 4.78 is 22.1. The molecule has 0 aromatic heterocycles. The summed E-state index contributed by atoms with van der Waals surface area (Å²) in [4.78, 5) is 12.9. The highest BCUT2D eigenvalue weighted by Crippen LogP contribution is 2.30. The van der Waals surface area contributed by atoms with Gasteiger partial charge in [0.1, 0.15) is 17.2 Å². The standard InChI is InChI=1S/C25H27NO5/c1-4-31-23-13-10-19(14-20(23)17-30-16-18-8-6-5-7-9-18)25(27)26-22-12-11-21(28-2)15-24(22)29-3/h5-15H,4,16-17H2,1-3H3,(H,26,27). The van der Waals surface area contributed by atoms with Crippen LogP contribution in [0.4, 0.5) is 5.69 Å². The van der Waals surface area contributed by atoms with Crippen molar-refractivity contribution in [1.82, 2.24) is 0 Å². The maximum absolute atomic E-state index is 12.9. The van der Waals surface area contributed by atoms with Crippen LogP contribution in [0, 0.1) is 0 Å². The molecule has 0 saturated carbocycles. The van der Waals surface area contributed by atoms with Crippen LogP contribution in [-0.4, -0.2) is 26.7 Å². The van der Waals surface area contributed by atoms with Crippen LogP contribution in [0.3, 0.4) is 0 Å². The topological polar surface area (TPSA) is 66.0 Å². The van der Waals surface area contributed by atoms with Gasteiger partial charge in [-0.2, -0.15) is 0 Å².